The average Bonchev–Trinajstić information content (AvgIpc) is 3.03. The summed E-state index contributed by atoms with van der Waals surface area (Å²) in [5.41, 5.74) is 2.80. The van der Waals surface area contributed by atoms with Crippen LogP contribution < -0.4 is 14.4 Å². The van der Waals surface area contributed by atoms with Crippen LogP contribution in [0.2, 0.25) is 10.0 Å². The van der Waals surface area contributed by atoms with E-state index in [-0.39, 0.29) is 12.5 Å². The zero-order chi connectivity index (χ0) is 24.2. The lowest BCUT2D eigenvalue weighted by Gasteiger charge is -2.16. The first kappa shape index (κ1) is 24.1. The number of thiocarbonyl (C=S) groups is 1. The highest BCUT2D eigenvalue weighted by atomic mass is 35.5. The summed E-state index contributed by atoms with van der Waals surface area (Å²) in [6.45, 7) is 2.62. The molecule has 1 saturated heterocycles. The minimum absolute atomic E-state index is 0.186. The molecule has 1 amide bonds. The molecule has 1 aliphatic rings. The van der Waals surface area contributed by atoms with Crippen molar-refractivity contribution in [1.82, 2.24) is 4.90 Å². The van der Waals surface area contributed by atoms with Crippen molar-refractivity contribution in [2.24, 2.45) is 0 Å². The number of carbonyl (C=O) groups excluding carboxylic acids is 1. The number of likely N-dealkylation sites (N-methyl/N-ethyl adjacent to an activating group) is 1. The third-order valence-corrected chi connectivity index (χ3v) is 6.29. The van der Waals surface area contributed by atoms with Crippen LogP contribution in [0.5, 0.6) is 11.5 Å². The van der Waals surface area contributed by atoms with E-state index >= 15 is 0 Å². The van der Waals surface area contributed by atoms with Gasteiger partial charge in [0.15, 0.2) is 16.6 Å². The van der Waals surface area contributed by atoms with E-state index in [9.17, 15) is 4.79 Å². The Morgan fingerprint density at radius 2 is 1.74 bits per heavy atom. The van der Waals surface area contributed by atoms with E-state index in [1.807, 2.05) is 61.5 Å². The highest BCUT2D eigenvalue weighted by Crippen LogP contribution is 2.33. The fourth-order valence-corrected chi connectivity index (χ4v) is 4.27. The molecule has 4 rings (SSSR count). The second-order valence-electron chi connectivity index (χ2n) is 7.51. The molecular formula is C26H22Cl2N2O3S. The molecule has 174 valence electrons. The number of ether oxygens (including phenoxy) is 2. The van der Waals surface area contributed by atoms with Crippen molar-refractivity contribution >= 4 is 58.2 Å². The SMILES string of the molecule is CCOc1cc(/C=C2/C(=O)N(c3ccccc3)C(=S)N2C)ccc1OCc1ccc(Cl)cc1Cl. The summed E-state index contributed by atoms with van der Waals surface area (Å²) < 4.78 is 11.8. The van der Waals surface area contributed by atoms with Crippen LogP contribution in [0.25, 0.3) is 6.08 Å². The van der Waals surface area contributed by atoms with Gasteiger partial charge in [-0.15, -0.1) is 0 Å². The third kappa shape index (κ3) is 5.04. The summed E-state index contributed by atoms with van der Waals surface area (Å²) in [5, 5.41) is 1.53. The van der Waals surface area contributed by atoms with Gasteiger partial charge in [0, 0.05) is 22.7 Å². The van der Waals surface area contributed by atoms with E-state index in [0.717, 1.165) is 16.8 Å². The van der Waals surface area contributed by atoms with Crippen LogP contribution in [0.4, 0.5) is 5.69 Å². The normalized spacial score (nSPS) is 14.8. The molecule has 0 atom stereocenters. The van der Waals surface area contributed by atoms with Gasteiger partial charge in [-0.2, -0.15) is 0 Å². The highest BCUT2D eigenvalue weighted by molar-refractivity contribution is 7.80. The number of hydrogen-bond acceptors (Lipinski definition) is 4. The fourth-order valence-electron chi connectivity index (χ4n) is 3.52. The predicted molar refractivity (Wildman–Crippen MR) is 141 cm³/mol. The Morgan fingerprint density at radius 1 is 0.971 bits per heavy atom. The number of carbonyl (C=O) groups is 1. The van der Waals surface area contributed by atoms with Gasteiger partial charge in [0.1, 0.15) is 12.3 Å². The Kier molecular flexibility index (Phi) is 7.41. The molecule has 8 heteroatoms. The van der Waals surface area contributed by atoms with E-state index < -0.39 is 0 Å². The molecule has 0 N–H and O–H groups in total. The zero-order valence-electron chi connectivity index (χ0n) is 18.6. The maximum absolute atomic E-state index is 13.2. The summed E-state index contributed by atoms with van der Waals surface area (Å²) >= 11 is 17.8. The molecule has 0 unspecified atom stereocenters. The Balaban J connectivity index is 1.59. The van der Waals surface area contributed by atoms with Gasteiger partial charge < -0.3 is 14.4 Å². The minimum Gasteiger partial charge on any atom is -0.490 e. The summed E-state index contributed by atoms with van der Waals surface area (Å²) in [6.07, 6.45) is 1.79. The van der Waals surface area contributed by atoms with Crippen molar-refractivity contribution in [2.45, 2.75) is 13.5 Å². The number of para-hydroxylation sites is 1. The average molecular weight is 513 g/mol. The second-order valence-corrected chi connectivity index (χ2v) is 8.72. The van der Waals surface area contributed by atoms with E-state index in [2.05, 4.69) is 0 Å². The molecule has 0 aliphatic carbocycles. The molecule has 1 aliphatic heterocycles. The summed E-state index contributed by atoms with van der Waals surface area (Å²) in [4.78, 5) is 16.4. The highest BCUT2D eigenvalue weighted by Gasteiger charge is 2.36. The summed E-state index contributed by atoms with van der Waals surface area (Å²) in [5.74, 6) is 0.953. The molecule has 0 aromatic heterocycles. The van der Waals surface area contributed by atoms with Crippen molar-refractivity contribution in [1.29, 1.82) is 0 Å². The van der Waals surface area contributed by atoms with Crippen LogP contribution in [-0.4, -0.2) is 29.6 Å². The molecule has 0 spiro atoms. The van der Waals surface area contributed by atoms with Gasteiger partial charge >= 0.3 is 0 Å². The van der Waals surface area contributed by atoms with Crippen LogP contribution in [0, 0.1) is 0 Å². The largest absolute Gasteiger partial charge is 0.490 e. The first-order valence-corrected chi connectivity index (χ1v) is 11.8. The molecule has 0 saturated carbocycles. The van der Waals surface area contributed by atoms with E-state index in [1.165, 1.54) is 4.90 Å². The molecule has 1 fully saturated rings. The van der Waals surface area contributed by atoms with E-state index in [4.69, 9.17) is 44.9 Å². The van der Waals surface area contributed by atoms with Gasteiger partial charge in [-0.05, 0) is 67.2 Å². The maximum atomic E-state index is 13.2. The lowest BCUT2D eigenvalue weighted by atomic mass is 10.1. The van der Waals surface area contributed by atoms with Gasteiger partial charge in [0.2, 0.25) is 0 Å². The Morgan fingerprint density at radius 3 is 2.44 bits per heavy atom. The predicted octanol–water partition coefficient (Wildman–Crippen LogP) is 6.58. The Bertz CT molecular complexity index is 1260. The zero-order valence-corrected chi connectivity index (χ0v) is 21.0. The van der Waals surface area contributed by atoms with Crippen LogP contribution in [0.3, 0.4) is 0 Å². The molecule has 0 radical (unpaired) electrons. The number of amides is 1. The molecular weight excluding hydrogens is 491 g/mol. The van der Waals surface area contributed by atoms with Gasteiger partial charge in [-0.1, -0.05) is 53.5 Å². The molecule has 1 heterocycles. The van der Waals surface area contributed by atoms with Crippen molar-refractivity contribution < 1.29 is 14.3 Å². The second kappa shape index (κ2) is 10.5. The minimum atomic E-state index is -0.186. The van der Waals surface area contributed by atoms with Crippen molar-refractivity contribution in [3.8, 4) is 11.5 Å². The van der Waals surface area contributed by atoms with E-state index in [1.54, 1.807) is 30.2 Å². The number of rotatable bonds is 7. The van der Waals surface area contributed by atoms with Crippen LogP contribution in [0.15, 0.2) is 72.4 Å². The number of benzene rings is 3. The van der Waals surface area contributed by atoms with Crippen LogP contribution in [0.1, 0.15) is 18.1 Å². The quantitative estimate of drug-likeness (QED) is 0.264. The number of nitrogens with zero attached hydrogens (tertiary/aromatic N) is 2. The smallest absolute Gasteiger partial charge is 0.281 e. The number of hydrogen-bond donors (Lipinski definition) is 0. The summed E-state index contributed by atoms with van der Waals surface area (Å²) in [7, 11) is 1.78. The van der Waals surface area contributed by atoms with Gasteiger partial charge in [-0.25, -0.2) is 0 Å². The Hall–Kier alpha value is -3.06. The third-order valence-electron chi connectivity index (χ3n) is 5.25. The molecule has 34 heavy (non-hydrogen) atoms. The van der Waals surface area contributed by atoms with E-state index in [0.29, 0.717) is 39.0 Å². The first-order valence-electron chi connectivity index (χ1n) is 10.6. The monoisotopic (exact) mass is 512 g/mol. The first-order chi connectivity index (χ1) is 16.4. The lowest BCUT2D eigenvalue weighted by molar-refractivity contribution is -0.114. The standard InChI is InChI=1S/C26H22Cl2N2O3S/c1-3-32-24-14-17(9-12-23(24)33-16-18-10-11-19(27)15-21(18)28)13-22-25(31)30(26(34)29(22)2)20-7-5-4-6-8-20/h4-15H,3,16H2,1-2H3/b22-13-. The maximum Gasteiger partial charge on any atom is 0.281 e. The molecule has 3 aromatic rings. The number of anilines is 1. The van der Waals surface area contributed by atoms with Crippen LogP contribution in [-0.2, 0) is 11.4 Å². The number of halogens is 2. The molecule has 0 bridgehead atoms. The van der Waals surface area contributed by atoms with Gasteiger partial charge in [0.25, 0.3) is 5.91 Å². The topological polar surface area (TPSA) is 42.0 Å². The van der Waals surface area contributed by atoms with Crippen molar-refractivity contribution in [3.63, 3.8) is 0 Å². The van der Waals surface area contributed by atoms with Gasteiger partial charge in [0.05, 0.1) is 12.3 Å². The van der Waals surface area contributed by atoms with Crippen molar-refractivity contribution in [2.75, 3.05) is 18.6 Å². The fraction of sp³-hybridized carbons (Fsp3) is 0.154. The molecule has 3 aromatic carbocycles. The van der Waals surface area contributed by atoms with Crippen LogP contribution >= 0.6 is 35.4 Å². The van der Waals surface area contributed by atoms with Crippen molar-refractivity contribution in [3.05, 3.63) is 93.6 Å². The van der Waals surface area contributed by atoms with Gasteiger partial charge in [-0.3, -0.25) is 9.69 Å². The lowest BCUT2D eigenvalue weighted by Crippen LogP contribution is -2.30. The molecule has 5 nitrogen and oxygen atoms in total. The summed E-state index contributed by atoms with van der Waals surface area (Å²) in [6, 6.07) is 20.1. The Labute approximate surface area is 214 Å².